The van der Waals surface area contributed by atoms with Crippen LogP contribution >= 0.6 is 0 Å². The maximum Gasteiger partial charge on any atom is 0.273 e. The lowest BCUT2D eigenvalue weighted by Gasteiger charge is -2.06. The van der Waals surface area contributed by atoms with Gasteiger partial charge in [0.15, 0.2) is 0 Å². The van der Waals surface area contributed by atoms with Crippen LogP contribution in [0.15, 0.2) is 66.9 Å². The highest BCUT2D eigenvalue weighted by Gasteiger charge is 2.14. The third-order valence-corrected chi connectivity index (χ3v) is 4.82. The molecule has 0 bridgehead atoms. The standard InChI is InChI=1S/C21H16N4O/c1-25-18-9-5-2-6-13(18)10-19(25)21(26)24-20-11-15-14-7-3-4-8-16(14)23-17(15)12-22-20/h2-12,23H,1H3,(H,22,24,26). The fraction of sp³-hybridized carbons (Fsp3) is 0.0476. The number of hydrogen-bond donors (Lipinski definition) is 2. The second-order valence-corrected chi connectivity index (χ2v) is 6.39. The van der Waals surface area contributed by atoms with Crippen molar-refractivity contribution in [3.8, 4) is 0 Å². The van der Waals surface area contributed by atoms with Crippen LogP contribution < -0.4 is 5.32 Å². The Hall–Kier alpha value is -3.60. The molecule has 0 unspecified atom stereocenters. The molecule has 2 N–H and O–H groups in total. The number of pyridine rings is 1. The summed E-state index contributed by atoms with van der Waals surface area (Å²) in [6, 6.07) is 19.8. The molecule has 26 heavy (non-hydrogen) atoms. The lowest BCUT2D eigenvalue weighted by Crippen LogP contribution is -2.16. The Morgan fingerprint density at radius 3 is 2.69 bits per heavy atom. The van der Waals surface area contributed by atoms with Gasteiger partial charge in [0.25, 0.3) is 5.91 Å². The van der Waals surface area contributed by atoms with Crippen LogP contribution in [0.25, 0.3) is 32.7 Å². The van der Waals surface area contributed by atoms with Crippen molar-refractivity contribution in [3.05, 3.63) is 72.6 Å². The molecular formula is C21H16N4O. The van der Waals surface area contributed by atoms with Crippen molar-refractivity contribution in [1.82, 2.24) is 14.5 Å². The Kier molecular flexibility index (Phi) is 3.09. The maximum absolute atomic E-state index is 12.8. The fourth-order valence-corrected chi connectivity index (χ4v) is 3.51. The third-order valence-electron chi connectivity index (χ3n) is 4.82. The Labute approximate surface area is 149 Å². The molecule has 0 atom stereocenters. The molecule has 0 saturated carbocycles. The summed E-state index contributed by atoms with van der Waals surface area (Å²) in [5.41, 5.74) is 3.64. The monoisotopic (exact) mass is 340 g/mol. The van der Waals surface area contributed by atoms with E-state index in [0.29, 0.717) is 11.5 Å². The molecule has 0 spiro atoms. The minimum absolute atomic E-state index is 0.171. The lowest BCUT2D eigenvalue weighted by molar-refractivity contribution is 0.101. The number of fused-ring (bicyclic) bond motifs is 4. The number of aryl methyl sites for hydroxylation is 1. The molecule has 0 aliphatic carbocycles. The zero-order valence-electron chi connectivity index (χ0n) is 14.2. The fourth-order valence-electron chi connectivity index (χ4n) is 3.51. The molecular weight excluding hydrogens is 324 g/mol. The number of para-hydroxylation sites is 2. The maximum atomic E-state index is 12.8. The average molecular weight is 340 g/mol. The van der Waals surface area contributed by atoms with Crippen molar-refractivity contribution >= 4 is 44.4 Å². The van der Waals surface area contributed by atoms with Crippen LogP contribution in [-0.4, -0.2) is 20.4 Å². The number of H-pyrrole nitrogens is 1. The van der Waals surface area contributed by atoms with Crippen LogP contribution in [0.3, 0.4) is 0 Å². The van der Waals surface area contributed by atoms with Gasteiger partial charge in [-0.3, -0.25) is 4.79 Å². The van der Waals surface area contributed by atoms with Crippen molar-refractivity contribution in [2.75, 3.05) is 5.32 Å². The van der Waals surface area contributed by atoms with Crippen LogP contribution in [0, 0.1) is 0 Å². The number of benzene rings is 2. The summed E-state index contributed by atoms with van der Waals surface area (Å²) in [4.78, 5) is 20.5. The van der Waals surface area contributed by atoms with Crippen molar-refractivity contribution in [2.45, 2.75) is 0 Å². The number of aromatic nitrogens is 3. The molecule has 3 heterocycles. The van der Waals surface area contributed by atoms with Crippen molar-refractivity contribution in [3.63, 3.8) is 0 Å². The molecule has 126 valence electrons. The molecule has 2 aromatic carbocycles. The SMILES string of the molecule is Cn1c(C(=O)Nc2cc3c(cn2)[nH]c2ccccc23)cc2ccccc21. The number of rotatable bonds is 2. The third kappa shape index (κ3) is 2.18. The number of amides is 1. The van der Waals surface area contributed by atoms with E-state index >= 15 is 0 Å². The van der Waals surface area contributed by atoms with E-state index in [2.05, 4.69) is 21.4 Å². The van der Waals surface area contributed by atoms with Gasteiger partial charge in [-0.15, -0.1) is 0 Å². The van der Waals surface area contributed by atoms with E-state index in [1.165, 1.54) is 0 Å². The van der Waals surface area contributed by atoms with Gasteiger partial charge in [-0.05, 0) is 24.3 Å². The van der Waals surface area contributed by atoms with E-state index in [-0.39, 0.29) is 5.91 Å². The summed E-state index contributed by atoms with van der Waals surface area (Å²) in [5, 5.41) is 6.12. The molecule has 0 aliphatic rings. The van der Waals surface area contributed by atoms with Gasteiger partial charge in [0.2, 0.25) is 0 Å². The van der Waals surface area contributed by atoms with Crippen molar-refractivity contribution in [1.29, 1.82) is 0 Å². The lowest BCUT2D eigenvalue weighted by atomic mass is 10.2. The van der Waals surface area contributed by atoms with Gasteiger partial charge in [-0.2, -0.15) is 0 Å². The first-order valence-electron chi connectivity index (χ1n) is 8.43. The van der Waals surface area contributed by atoms with E-state index in [9.17, 15) is 4.79 Å². The number of nitrogens with one attached hydrogen (secondary N) is 2. The Balaban J connectivity index is 1.54. The average Bonchev–Trinajstić information content (AvgIpc) is 3.20. The van der Waals surface area contributed by atoms with Crippen LogP contribution in [0.4, 0.5) is 5.82 Å². The van der Waals surface area contributed by atoms with Crippen LogP contribution in [0.1, 0.15) is 10.5 Å². The van der Waals surface area contributed by atoms with Crippen molar-refractivity contribution < 1.29 is 4.79 Å². The van der Waals surface area contributed by atoms with Gasteiger partial charge in [-0.1, -0.05) is 36.4 Å². The quantitative estimate of drug-likeness (QED) is 0.498. The first-order valence-corrected chi connectivity index (χ1v) is 8.43. The number of anilines is 1. The molecule has 5 nitrogen and oxygen atoms in total. The number of aromatic amines is 1. The largest absolute Gasteiger partial charge is 0.353 e. The second-order valence-electron chi connectivity index (χ2n) is 6.39. The number of carbonyl (C=O) groups is 1. The Morgan fingerprint density at radius 1 is 1.00 bits per heavy atom. The number of nitrogens with zero attached hydrogens (tertiary/aromatic N) is 2. The van der Waals surface area contributed by atoms with E-state index < -0.39 is 0 Å². The van der Waals surface area contributed by atoms with Gasteiger partial charge in [0.1, 0.15) is 11.5 Å². The van der Waals surface area contributed by atoms with Crippen molar-refractivity contribution in [2.24, 2.45) is 7.05 Å². The minimum Gasteiger partial charge on any atom is -0.353 e. The van der Waals surface area contributed by atoms with Crippen LogP contribution in [0.2, 0.25) is 0 Å². The molecule has 0 fully saturated rings. The zero-order chi connectivity index (χ0) is 17.7. The summed E-state index contributed by atoms with van der Waals surface area (Å²) in [6.07, 6.45) is 1.76. The predicted molar refractivity (Wildman–Crippen MR) is 104 cm³/mol. The summed E-state index contributed by atoms with van der Waals surface area (Å²) in [6.45, 7) is 0. The van der Waals surface area contributed by atoms with Gasteiger partial charge in [0.05, 0.1) is 11.7 Å². The molecule has 1 amide bonds. The van der Waals surface area contributed by atoms with Gasteiger partial charge < -0.3 is 14.9 Å². The van der Waals surface area contributed by atoms with Gasteiger partial charge in [-0.25, -0.2) is 4.98 Å². The Bertz CT molecular complexity index is 1300. The summed E-state index contributed by atoms with van der Waals surface area (Å²) in [7, 11) is 1.90. The minimum atomic E-state index is -0.171. The van der Waals surface area contributed by atoms with Gasteiger partial charge >= 0.3 is 0 Å². The van der Waals surface area contributed by atoms with E-state index in [4.69, 9.17) is 0 Å². The van der Waals surface area contributed by atoms with Crippen LogP contribution in [-0.2, 0) is 7.05 Å². The summed E-state index contributed by atoms with van der Waals surface area (Å²) >= 11 is 0. The molecule has 0 saturated heterocycles. The molecule has 5 aromatic rings. The van der Waals surface area contributed by atoms with Gasteiger partial charge in [0, 0.05) is 34.2 Å². The van der Waals surface area contributed by atoms with E-state index in [1.54, 1.807) is 6.20 Å². The summed E-state index contributed by atoms with van der Waals surface area (Å²) in [5.74, 6) is 0.368. The number of carbonyl (C=O) groups excluding carboxylic acids is 1. The van der Waals surface area contributed by atoms with Crippen LogP contribution in [0.5, 0.6) is 0 Å². The first kappa shape index (κ1) is 14.7. The molecule has 0 radical (unpaired) electrons. The number of hydrogen-bond acceptors (Lipinski definition) is 2. The van der Waals surface area contributed by atoms with E-state index in [0.717, 1.165) is 32.7 Å². The normalized spacial score (nSPS) is 11.4. The predicted octanol–water partition coefficient (Wildman–Crippen LogP) is 4.46. The zero-order valence-corrected chi connectivity index (χ0v) is 14.2. The molecule has 5 rings (SSSR count). The smallest absolute Gasteiger partial charge is 0.273 e. The summed E-state index contributed by atoms with van der Waals surface area (Å²) < 4.78 is 1.90. The second kappa shape index (κ2) is 5.46. The molecule has 0 aliphatic heterocycles. The highest BCUT2D eigenvalue weighted by Crippen LogP contribution is 2.26. The highest BCUT2D eigenvalue weighted by molar-refractivity contribution is 6.10. The molecule has 3 aromatic heterocycles. The van der Waals surface area contributed by atoms with E-state index in [1.807, 2.05) is 66.2 Å². The topological polar surface area (TPSA) is 62.7 Å². The highest BCUT2D eigenvalue weighted by atomic mass is 16.2. The Morgan fingerprint density at radius 2 is 1.81 bits per heavy atom. The first-order chi connectivity index (χ1) is 12.7. The molecule has 5 heteroatoms.